The van der Waals surface area contributed by atoms with Crippen LogP contribution in [-0.2, 0) is 15.6 Å². The molecule has 108 valence electrons. The van der Waals surface area contributed by atoms with Crippen molar-refractivity contribution >= 4 is 33.5 Å². The standard InChI is InChI=1S/C13H17N3O3S/c1-3-8(2)15-12(17)7-20(18)13-16-10-6-9(14)4-5-11(10)19-13/h4-6,8H,3,7,14H2,1-2H3,(H,15,17). The van der Waals surface area contributed by atoms with E-state index in [1.165, 1.54) is 0 Å². The van der Waals surface area contributed by atoms with Crippen LogP contribution in [0, 0.1) is 0 Å². The lowest BCUT2D eigenvalue weighted by Crippen LogP contribution is -2.35. The lowest BCUT2D eigenvalue weighted by Gasteiger charge is -2.09. The molecule has 2 atom stereocenters. The highest BCUT2D eigenvalue weighted by Crippen LogP contribution is 2.20. The van der Waals surface area contributed by atoms with Crippen LogP contribution in [0.5, 0.6) is 0 Å². The first kappa shape index (κ1) is 14.5. The number of amides is 1. The maximum absolute atomic E-state index is 12.0. The first-order valence-electron chi connectivity index (χ1n) is 6.33. The van der Waals surface area contributed by atoms with Crippen LogP contribution < -0.4 is 11.1 Å². The van der Waals surface area contributed by atoms with Gasteiger partial charge in [-0.15, -0.1) is 0 Å². The number of nitrogens with two attached hydrogens (primary N) is 1. The zero-order valence-corrected chi connectivity index (χ0v) is 12.2. The predicted molar refractivity (Wildman–Crippen MR) is 77.6 cm³/mol. The Morgan fingerprint density at radius 1 is 1.55 bits per heavy atom. The largest absolute Gasteiger partial charge is 0.430 e. The second kappa shape index (κ2) is 6.04. The number of hydrogen-bond donors (Lipinski definition) is 2. The van der Waals surface area contributed by atoms with E-state index < -0.39 is 10.8 Å². The monoisotopic (exact) mass is 295 g/mol. The molecule has 0 fully saturated rings. The van der Waals surface area contributed by atoms with Crippen molar-refractivity contribution in [3.63, 3.8) is 0 Å². The third-order valence-corrected chi connectivity index (χ3v) is 3.96. The molecule has 0 aliphatic heterocycles. The van der Waals surface area contributed by atoms with Gasteiger partial charge in [0, 0.05) is 11.7 Å². The first-order valence-corrected chi connectivity index (χ1v) is 7.65. The molecule has 0 saturated carbocycles. The van der Waals surface area contributed by atoms with Gasteiger partial charge in [0.05, 0.1) is 0 Å². The van der Waals surface area contributed by atoms with Gasteiger partial charge in [-0.25, -0.2) is 9.19 Å². The third kappa shape index (κ3) is 3.36. The maximum atomic E-state index is 12.0. The summed E-state index contributed by atoms with van der Waals surface area (Å²) in [4.78, 5) is 15.8. The van der Waals surface area contributed by atoms with Crippen LogP contribution in [-0.4, -0.2) is 26.9 Å². The minimum Gasteiger partial charge on any atom is -0.430 e. The Labute approximate surface area is 119 Å². The third-order valence-electron chi connectivity index (χ3n) is 2.87. The molecule has 2 rings (SSSR count). The smallest absolute Gasteiger partial charge is 0.288 e. The summed E-state index contributed by atoms with van der Waals surface area (Å²) in [7, 11) is -1.60. The van der Waals surface area contributed by atoms with Crippen LogP contribution in [0.15, 0.2) is 27.8 Å². The van der Waals surface area contributed by atoms with Gasteiger partial charge in [0.25, 0.3) is 5.22 Å². The molecule has 0 aliphatic rings. The molecule has 0 aliphatic carbocycles. The Morgan fingerprint density at radius 3 is 3.00 bits per heavy atom. The van der Waals surface area contributed by atoms with Crippen molar-refractivity contribution < 1.29 is 13.4 Å². The number of carbonyl (C=O) groups excluding carboxylic acids is 1. The van der Waals surface area contributed by atoms with Gasteiger partial charge in [-0.2, -0.15) is 0 Å². The molecule has 1 aromatic carbocycles. The Bertz CT molecular complexity index is 653. The van der Waals surface area contributed by atoms with Crippen molar-refractivity contribution in [2.45, 2.75) is 31.5 Å². The Balaban J connectivity index is 2.09. The Morgan fingerprint density at radius 2 is 2.30 bits per heavy atom. The van der Waals surface area contributed by atoms with Gasteiger partial charge in [-0.05, 0) is 31.5 Å². The number of fused-ring (bicyclic) bond motifs is 1. The summed E-state index contributed by atoms with van der Waals surface area (Å²) in [5, 5.41) is 2.80. The molecule has 7 heteroatoms. The molecular weight excluding hydrogens is 278 g/mol. The summed E-state index contributed by atoms with van der Waals surface area (Å²) in [6.45, 7) is 3.86. The van der Waals surface area contributed by atoms with Gasteiger partial charge in [-0.1, -0.05) is 6.92 Å². The summed E-state index contributed by atoms with van der Waals surface area (Å²) in [6, 6.07) is 5.04. The minimum atomic E-state index is -1.60. The van der Waals surface area contributed by atoms with E-state index in [0.717, 1.165) is 6.42 Å². The summed E-state index contributed by atoms with van der Waals surface area (Å²) in [6.07, 6.45) is 0.820. The van der Waals surface area contributed by atoms with Gasteiger partial charge >= 0.3 is 0 Å². The van der Waals surface area contributed by atoms with E-state index in [9.17, 15) is 9.00 Å². The number of carbonyl (C=O) groups is 1. The molecule has 1 aromatic heterocycles. The van der Waals surface area contributed by atoms with E-state index in [2.05, 4.69) is 10.3 Å². The number of anilines is 1. The van der Waals surface area contributed by atoms with E-state index in [1.54, 1.807) is 18.2 Å². The summed E-state index contributed by atoms with van der Waals surface area (Å²) < 4.78 is 17.4. The highest BCUT2D eigenvalue weighted by atomic mass is 32.2. The van der Waals surface area contributed by atoms with E-state index in [-0.39, 0.29) is 22.9 Å². The quantitative estimate of drug-likeness (QED) is 0.813. The fourth-order valence-corrected chi connectivity index (χ4v) is 2.45. The number of nitrogens with zero attached hydrogens (tertiary/aromatic N) is 1. The number of oxazole rings is 1. The molecule has 0 bridgehead atoms. The van der Waals surface area contributed by atoms with Crippen molar-refractivity contribution in [3.05, 3.63) is 18.2 Å². The van der Waals surface area contributed by atoms with Gasteiger partial charge in [-0.3, -0.25) is 4.79 Å². The van der Waals surface area contributed by atoms with E-state index in [0.29, 0.717) is 16.8 Å². The predicted octanol–water partition coefficient (Wildman–Crippen LogP) is 1.43. The number of rotatable bonds is 5. The van der Waals surface area contributed by atoms with Crippen LogP contribution in [0.2, 0.25) is 0 Å². The van der Waals surface area contributed by atoms with Gasteiger partial charge in [0.1, 0.15) is 22.1 Å². The summed E-state index contributed by atoms with van der Waals surface area (Å²) >= 11 is 0. The molecule has 2 aromatic rings. The van der Waals surface area contributed by atoms with Crippen LogP contribution in [0.4, 0.5) is 5.69 Å². The van der Waals surface area contributed by atoms with Crippen molar-refractivity contribution in [3.8, 4) is 0 Å². The number of nitrogens with one attached hydrogen (secondary N) is 1. The van der Waals surface area contributed by atoms with E-state index in [4.69, 9.17) is 10.2 Å². The SMILES string of the molecule is CCC(C)NC(=O)CS(=O)c1nc2cc(N)ccc2o1. The molecule has 0 saturated heterocycles. The lowest BCUT2D eigenvalue weighted by atomic mass is 10.3. The molecule has 0 radical (unpaired) electrons. The Kier molecular flexibility index (Phi) is 4.39. The van der Waals surface area contributed by atoms with Gasteiger partial charge < -0.3 is 15.5 Å². The van der Waals surface area contributed by atoms with E-state index in [1.807, 2.05) is 13.8 Å². The van der Waals surface area contributed by atoms with Crippen molar-refractivity contribution in [2.75, 3.05) is 11.5 Å². The van der Waals surface area contributed by atoms with Gasteiger partial charge in [0.2, 0.25) is 5.91 Å². The molecular formula is C13H17N3O3S. The number of hydrogen-bond acceptors (Lipinski definition) is 5. The summed E-state index contributed by atoms with van der Waals surface area (Å²) in [5.74, 6) is -0.438. The topological polar surface area (TPSA) is 98.2 Å². The van der Waals surface area contributed by atoms with E-state index >= 15 is 0 Å². The van der Waals surface area contributed by atoms with Crippen LogP contribution in [0.1, 0.15) is 20.3 Å². The fraction of sp³-hybridized carbons (Fsp3) is 0.385. The van der Waals surface area contributed by atoms with Crippen LogP contribution in [0.3, 0.4) is 0 Å². The second-order valence-corrected chi connectivity index (χ2v) is 5.90. The lowest BCUT2D eigenvalue weighted by molar-refractivity contribution is -0.119. The van der Waals surface area contributed by atoms with Crippen molar-refractivity contribution in [1.82, 2.24) is 10.3 Å². The number of aromatic nitrogens is 1. The normalized spacial score (nSPS) is 14.1. The average molecular weight is 295 g/mol. The molecule has 6 nitrogen and oxygen atoms in total. The number of benzene rings is 1. The van der Waals surface area contributed by atoms with Crippen LogP contribution >= 0.6 is 0 Å². The minimum absolute atomic E-state index is 0.0462. The fourth-order valence-electron chi connectivity index (χ4n) is 1.62. The van der Waals surface area contributed by atoms with Gasteiger partial charge in [0.15, 0.2) is 5.58 Å². The molecule has 20 heavy (non-hydrogen) atoms. The van der Waals surface area contributed by atoms with Crippen LogP contribution in [0.25, 0.3) is 11.1 Å². The maximum Gasteiger partial charge on any atom is 0.288 e. The molecule has 1 amide bonds. The van der Waals surface area contributed by atoms with Crippen molar-refractivity contribution in [1.29, 1.82) is 0 Å². The zero-order valence-electron chi connectivity index (χ0n) is 11.4. The highest BCUT2D eigenvalue weighted by Gasteiger charge is 2.17. The van der Waals surface area contributed by atoms with Crippen molar-refractivity contribution in [2.24, 2.45) is 0 Å². The molecule has 2 unspecified atom stereocenters. The molecule has 0 spiro atoms. The Hall–Kier alpha value is -1.89. The number of nitrogen functional groups attached to an aromatic ring is 1. The molecule has 1 heterocycles. The second-order valence-electron chi connectivity index (χ2n) is 4.57. The molecule has 3 N–H and O–H groups in total. The summed E-state index contributed by atoms with van der Waals surface area (Å²) in [5.41, 5.74) is 7.23. The highest BCUT2D eigenvalue weighted by molar-refractivity contribution is 7.85. The average Bonchev–Trinajstić information content (AvgIpc) is 2.81. The zero-order chi connectivity index (χ0) is 14.7. The first-order chi connectivity index (χ1) is 9.49.